The summed E-state index contributed by atoms with van der Waals surface area (Å²) in [7, 11) is 9.85. The van der Waals surface area contributed by atoms with Crippen molar-refractivity contribution < 1.29 is 36.3 Å². The van der Waals surface area contributed by atoms with Gasteiger partial charge in [0.25, 0.3) is 11.7 Å². The van der Waals surface area contributed by atoms with Gasteiger partial charge in [-0.05, 0) is 50.1 Å². The van der Waals surface area contributed by atoms with Gasteiger partial charge in [-0.1, -0.05) is 24.3 Å². The average molecular weight is 601 g/mol. The molecular formula is C28H34CrN7O3S+2. The van der Waals surface area contributed by atoms with E-state index in [0.717, 1.165) is 22.4 Å². The number of fused-ring (bicyclic) bond motifs is 1. The minimum atomic E-state index is -0.752. The molecule has 1 aliphatic carbocycles. The quantitative estimate of drug-likeness (QED) is 0.236. The van der Waals surface area contributed by atoms with E-state index >= 15 is 0 Å². The number of aromatic nitrogens is 2. The second-order valence-electron chi connectivity index (χ2n) is 9.75. The Balaban J connectivity index is 0.00000106. The maximum atomic E-state index is 12.5. The second-order valence-corrected chi connectivity index (χ2v) is 11.1. The van der Waals surface area contributed by atoms with Crippen LogP contribution in [0.15, 0.2) is 47.1 Å². The molecular weight excluding hydrogens is 566 g/mol. The maximum absolute atomic E-state index is 12.5. The third-order valence-corrected chi connectivity index (χ3v) is 8.54. The number of amides is 2. The average Bonchev–Trinajstić information content (AvgIpc) is 3.61. The summed E-state index contributed by atoms with van der Waals surface area (Å²) in [6.07, 6.45) is 3.63. The normalized spacial score (nSPS) is 23.8. The van der Waals surface area contributed by atoms with Crippen molar-refractivity contribution in [3.05, 3.63) is 67.5 Å². The van der Waals surface area contributed by atoms with Gasteiger partial charge in [-0.2, -0.15) is 4.59 Å². The molecule has 3 aliphatic rings. The first-order chi connectivity index (χ1) is 18.6. The van der Waals surface area contributed by atoms with Crippen molar-refractivity contribution in [2.75, 3.05) is 33.6 Å². The number of nitrogens with one attached hydrogen (secondary N) is 1. The standard InChI is InChI=1S/C26H29N7O2S.C2H5O.Cr/c1-6-21(34)31(4)14-26(2)33(15-36-26)25(28-3)22(23(27)35)18(30-33)11-7-16-8-12-20-19(13-16)29-24(32(20)5)17-9-10-17;1-3-2;/h6,8,12-13,17,30H,1-2,9-10,14-15H2,3-5H3,(H2,27,35);1H2,2H3;/q;-1;+3. The number of nitrogens with zero attached hydrogens (tertiary/aromatic N) is 5. The molecule has 2 aliphatic heterocycles. The fourth-order valence-electron chi connectivity index (χ4n) is 4.88. The number of nitrogens with two attached hydrogens (primary N) is 1. The summed E-state index contributed by atoms with van der Waals surface area (Å²) in [5.41, 5.74) is 12.6. The Bertz CT molecular complexity index is 1470. The van der Waals surface area contributed by atoms with Gasteiger partial charge in [0.1, 0.15) is 5.82 Å². The molecule has 0 bridgehead atoms. The van der Waals surface area contributed by atoms with E-state index in [0.29, 0.717) is 29.9 Å². The predicted octanol–water partition coefficient (Wildman–Crippen LogP) is 2.21. The van der Waals surface area contributed by atoms with Crippen LogP contribution in [0, 0.1) is 25.9 Å². The number of thioether (sulfide) groups is 1. The molecule has 5 rings (SSSR count). The van der Waals surface area contributed by atoms with Crippen LogP contribution in [-0.4, -0.2) is 75.2 Å². The number of rotatable bonds is 5. The number of hydrogen-bond donors (Lipinski definition) is 2. The number of benzene rings is 1. The topological polar surface area (TPSA) is 115 Å². The Hall–Kier alpha value is -3.06. The molecule has 1 aromatic heterocycles. The number of carbonyl (C=O) groups excluding carboxylic acids is 2. The molecule has 1 aromatic carbocycles. The van der Waals surface area contributed by atoms with Gasteiger partial charge in [-0.15, -0.1) is 0 Å². The molecule has 10 nitrogen and oxygen atoms in total. The first-order valence-electron chi connectivity index (χ1n) is 12.4. The zero-order valence-electron chi connectivity index (χ0n) is 23.2. The minimum absolute atomic E-state index is 0. The Morgan fingerprint density at radius 2 is 2.12 bits per heavy atom. The summed E-state index contributed by atoms with van der Waals surface area (Å²) in [5.74, 6) is 8.13. The number of aliphatic imine (C=N–C) groups is 1. The summed E-state index contributed by atoms with van der Waals surface area (Å²) >= 11 is 1.57. The van der Waals surface area contributed by atoms with Crippen LogP contribution >= 0.6 is 11.8 Å². The molecule has 2 unspecified atom stereocenters. The summed E-state index contributed by atoms with van der Waals surface area (Å²) in [5, 5.41) is 0. The molecule has 1 spiro atoms. The fourth-order valence-corrected chi connectivity index (χ4v) is 6.24. The van der Waals surface area contributed by atoms with Crippen LogP contribution < -0.4 is 11.2 Å². The number of allylic oxidation sites excluding steroid dienone is 1. The van der Waals surface area contributed by atoms with Crippen LogP contribution in [0.4, 0.5) is 0 Å². The van der Waals surface area contributed by atoms with E-state index in [1.54, 1.807) is 30.8 Å². The molecule has 40 heavy (non-hydrogen) atoms. The summed E-state index contributed by atoms with van der Waals surface area (Å²) in [4.78, 5) is 34.7. The first kappa shape index (κ1) is 31.5. The molecule has 3 N–H and O–H groups in total. The Morgan fingerprint density at radius 3 is 2.65 bits per heavy atom. The van der Waals surface area contributed by atoms with Crippen molar-refractivity contribution in [3.63, 3.8) is 0 Å². The SMILES string of the molecule is C=CC(=O)N(C)CC1([CH2-])SC[N+]12NC(C#Cc1ccc3c(c1)nc(C1CC1)n3C)=C(C(N)=O)C2=NC.[CH2-]OC.[Cr+3]. The van der Waals surface area contributed by atoms with Crippen LogP contribution in [0.1, 0.15) is 30.1 Å². The van der Waals surface area contributed by atoms with Gasteiger partial charge in [0.15, 0.2) is 17.1 Å². The number of carbonyl (C=O) groups is 2. The molecule has 1 saturated carbocycles. The zero-order chi connectivity index (χ0) is 28.5. The van der Waals surface area contributed by atoms with Gasteiger partial charge in [-0.25, -0.2) is 22.5 Å². The zero-order valence-corrected chi connectivity index (χ0v) is 25.3. The molecule has 1 radical (unpaired) electrons. The molecule has 1 saturated heterocycles. The monoisotopic (exact) mass is 600 g/mol. The Labute approximate surface area is 250 Å². The number of imidazole rings is 1. The van der Waals surface area contributed by atoms with E-state index in [4.69, 9.17) is 10.7 Å². The fraction of sp³-hybridized carbons (Fsp3) is 0.357. The van der Waals surface area contributed by atoms with Crippen molar-refractivity contribution in [3.8, 4) is 11.8 Å². The maximum Gasteiger partial charge on any atom is 3.00 e. The van der Waals surface area contributed by atoms with E-state index in [1.165, 1.54) is 26.0 Å². The van der Waals surface area contributed by atoms with Crippen LogP contribution in [0.5, 0.6) is 0 Å². The van der Waals surface area contributed by atoms with Crippen molar-refractivity contribution in [2.45, 2.75) is 23.6 Å². The van der Waals surface area contributed by atoms with E-state index in [9.17, 15) is 9.59 Å². The third-order valence-electron chi connectivity index (χ3n) is 7.04. The molecule has 2 amide bonds. The molecule has 3 heterocycles. The Morgan fingerprint density at radius 1 is 1.45 bits per heavy atom. The number of aryl methyl sites for hydroxylation is 1. The second kappa shape index (κ2) is 12.2. The van der Waals surface area contributed by atoms with Crippen LogP contribution in [-0.2, 0) is 38.7 Å². The van der Waals surface area contributed by atoms with E-state index < -0.39 is 10.8 Å². The molecule has 209 valence electrons. The van der Waals surface area contributed by atoms with Gasteiger partial charge >= 0.3 is 17.4 Å². The van der Waals surface area contributed by atoms with Gasteiger partial charge in [0.05, 0.1) is 22.4 Å². The van der Waals surface area contributed by atoms with E-state index in [2.05, 4.69) is 52.2 Å². The van der Waals surface area contributed by atoms with Crippen LogP contribution in [0.3, 0.4) is 0 Å². The Kier molecular flexibility index (Phi) is 9.61. The number of primary amides is 1. The number of ether oxygens (including phenoxy) is 1. The number of hydrogen-bond acceptors (Lipinski definition) is 7. The largest absolute Gasteiger partial charge is 3.00 e. The van der Waals surface area contributed by atoms with Crippen molar-refractivity contribution in [2.24, 2.45) is 17.8 Å². The van der Waals surface area contributed by atoms with Crippen molar-refractivity contribution >= 4 is 40.4 Å². The number of quaternary nitrogens is 1. The van der Waals surface area contributed by atoms with Gasteiger partial charge in [0.2, 0.25) is 5.91 Å². The number of amidine groups is 1. The van der Waals surface area contributed by atoms with Gasteiger partial charge in [-0.3, -0.25) is 16.5 Å². The molecule has 2 fully saturated rings. The third kappa shape index (κ3) is 5.45. The molecule has 12 heteroatoms. The smallest absolute Gasteiger partial charge is 0.557 e. The summed E-state index contributed by atoms with van der Waals surface area (Å²) < 4.78 is 6.23. The van der Waals surface area contributed by atoms with E-state index in [1.807, 2.05) is 25.2 Å². The van der Waals surface area contributed by atoms with Crippen LogP contribution in [0.25, 0.3) is 11.0 Å². The number of likely N-dealkylation sites (N-methyl/N-ethyl adjacent to an activating group) is 1. The molecule has 2 atom stereocenters. The van der Waals surface area contributed by atoms with Crippen molar-refractivity contribution in [1.29, 1.82) is 0 Å². The van der Waals surface area contributed by atoms with Crippen molar-refractivity contribution in [1.82, 2.24) is 19.9 Å². The molecule has 2 aromatic rings. The van der Waals surface area contributed by atoms with Crippen LogP contribution in [0.2, 0.25) is 0 Å². The first-order valence-corrected chi connectivity index (χ1v) is 13.4. The summed E-state index contributed by atoms with van der Waals surface area (Å²) in [6, 6.07) is 5.94. The van der Waals surface area contributed by atoms with E-state index in [-0.39, 0.29) is 33.4 Å². The van der Waals surface area contributed by atoms with Gasteiger partial charge < -0.3 is 19.9 Å². The van der Waals surface area contributed by atoms with Gasteiger partial charge in [0, 0.05) is 32.6 Å². The predicted molar refractivity (Wildman–Crippen MR) is 153 cm³/mol. The summed E-state index contributed by atoms with van der Waals surface area (Å²) in [6.45, 7) is 8.26. The minimum Gasteiger partial charge on any atom is -0.557 e. The number of methoxy groups -OCH3 is 1.